The molecule has 1 amide bonds. The summed E-state index contributed by atoms with van der Waals surface area (Å²) in [6.07, 6.45) is 3.24. The molecule has 0 radical (unpaired) electrons. The first kappa shape index (κ1) is 22.5. The molecule has 3 N–H and O–H groups in total. The third-order valence-corrected chi connectivity index (χ3v) is 4.93. The summed E-state index contributed by atoms with van der Waals surface area (Å²) in [5, 5.41) is 8.06. The highest BCUT2D eigenvalue weighted by atomic mass is 35.5. The second-order valence-corrected chi connectivity index (χ2v) is 7.17. The second-order valence-electron chi connectivity index (χ2n) is 6.74. The number of benzene rings is 1. The van der Waals surface area contributed by atoms with Gasteiger partial charge in [0.2, 0.25) is 0 Å². The molecule has 0 atom stereocenters. The maximum atomic E-state index is 12.7. The van der Waals surface area contributed by atoms with Gasteiger partial charge in [-0.05, 0) is 43.0 Å². The lowest BCUT2D eigenvalue weighted by Gasteiger charge is -2.26. The number of carbonyl (C=O) groups is 1. The molecule has 1 aromatic heterocycles. The normalized spacial score (nSPS) is 11.3. The Kier molecular flexibility index (Phi) is 8.13. The van der Waals surface area contributed by atoms with Gasteiger partial charge in [0.25, 0.3) is 5.91 Å². The average molecular weight is 399 g/mol. The highest BCUT2D eigenvalue weighted by molar-refractivity contribution is 6.30. The third-order valence-electron chi connectivity index (χ3n) is 4.68. The number of amides is 1. The standard InChI is InChI=1S/C19H27ClN4O.ClH/c1-5-19(21,6-2)12-22-18(25)16-11-23-24(17(16)13(3)4)15-9-7-14(20)8-10-15;/h7-11,13H,5-6,12,21H2,1-4H3,(H,22,25);1H. The zero-order chi connectivity index (χ0) is 18.6. The number of halogens is 2. The summed E-state index contributed by atoms with van der Waals surface area (Å²) in [4.78, 5) is 12.7. The van der Waals surface area contributed by atoms with Gasteiger partial charge in [0, 0.05) is 17.1 Å². The van der Waals surface area contributed by atoms with Crippen molar-refractivity contribution in [2.75, 3.05) is 6.54 Å². The van der Waals surface area contributed by atoms with Gasteiger partial charge in [-0.15, -0.1) is 12.4 Å². The molecule has 0 spiro atoms. The van der Waals surface area contributed by atoms with Crippen molar-refractivity contribution < 1.29 is 4.79 Å². The van der Waals surface area contributed by atoms with E-state index in [1.807, 2.05) is 52.0 Å². The zero-order valence-corrected chi connectivity index (χ0v) is 17.3. The van der Waals surface area contributed by atoms with E-state index in [4.69, 9.17) is 17.3 Å². The van der Waals surface area contributed by atoms with Gasteiger partial charge in [-0.25, -0.2) is 4.68 Å². The maximum Gasteiger partial charge on any atom is 0.254 e. The highest BCUT2D eigenvalue weighted by Crippen LogP contribution is 2.24. The van der Waals surface area contributed by atoms with Crippen LogP contribution in [0.5, 0.6) is 0 Å². The van der Waals surface area contributed by atoms with Crippen LogP contribution in [0.25, 0.3) is 5.69 Å². The zero-order valence-electron chi connectivity index (χ0n) is 15.8. The number of nitrogens with two attached hydrogens (primary N) is 1. The molecule has 0 unspecified atom stereocenters. The number of carbonyl (C=O) groups excluding carboxylic acids is 1. The minimum Gasteiger partial charge on any atom is -0.350 e. The quantitative estimate of drug-likeness (QED) is 0.728. The minimum atomic E-state index is -0.375. The van der Waals surface area contributed by atoms with E-state index in [0.717, 1.165) is 24.2 Å². The molecule has 144 valence electrons. The van der Waals surface area contributed by atoms with Crippen LogP contribution in [-0.2, 0) is 0 Å². The molecule has 7 heteroatoms. The van der Waals surface area contributed by atoms with E-state index in [2.05, 4.69) is 10.4 Å². The molecule has 0 bridgehead atoms. The fourth-order valence-corrected chi connectivity index (χ4v) is 2.85. The van der Waals surface area contributed by atoms with Crippen LogP contribution in [-0.4, -0.2) is 27.8 Å². The van der Waals surface area contributed by atoms with Crippen molar-refractivity contribution >= 4 is 29.9 Å². The Morgan fingerprint density at radius 2 is 1.85 bits per heavy atom. The Balaban J connectivity index is 0.00000338. The molecular weight excluding hydrogens is 371 g/mol. The Labute approximate surface area is 166 Å². The number of hydrogen-bond acceptors (Lipinski definition) is 3. The first-order valence-electron chi connectivity index (χ1n) is 8.72. The Morgan fingerprint density at radius 3 is 2.35 bits per heavy atom. The lowest BCUT2D eigenvalue weighted by atomic mass is 9.94. The van der Waals surface area contributed by atoms with Crippen LogP contribution in [0.15, 0.2) is 30.5 Å². The predicted molar refractivity (Wildman–Crippen MR) is 110 cm³/mol. The van der Waals surface area contributed by atoms with E-state index in [-0.39, 0.29) is 29.8 Å². The van der Waals surface area contributed by atoms with Crippen LogP contribution in [0, 0.1) is 0 Å². The summed E-state index contributed by atoms with van der Waals surface area (Å²) >= 11 is 5.96. The van der Waals surface area contributed by atoms with Crippen LogP contribution in [0.1, 0.15) is 62.5 Å². The lowest BCUT2D eigenvalue weighted by Crippen LogP contribution is -2.49. The SMILES string of the molecule is CCC(N)(CC)CNC(=O)c1cnn(-c2ccc(Cl)cc2)c1C(C)C.Cl. The van der Waals surface area contributed by atoms with Crippen molar-refractivity contribution in [2.45, 2.75) is 52.0 Å². The van der Waals surface area contributed by atoms with Gasteiger partial charge in [-0.3, -0.25) is 4.79 Å². The maximum absolute atomic E-state index is 12.7. The molecule has 0 aliphatic carbocycles. The molecule has 0 saturated carbocycles. The molecule has 5 nitrogen and oxygen atoms in total. The monoisotopic (exact) mass is 398 g/mol. The van der Waals surface area contributed by atoms with Crippen LogP contribution in [0.2, 0.25) is 5.02 Å². The van der Waals surface area contributed by atoms with E-state index in [0.29, 0.717) is 17.1 Å². The molecule has 0 aliphatic rings. The van der Waals surface area contributed by atoms with Gasteiger partial charge < -0.3 is 11.1 Å². The van der Waals surface area contributed by atoms with Crippen molar-refractivity contribution in [1.82, 2.24) is 15.1 Å². The van der Waals surface area contributed by atoms with Gasteiger partial charge in [0.15, 0.2) is 0 Å². The lowest BCUT2D eigenvalue weighted by molar-refractivity contribution is 0.0941. The summed E-state index contributed by atoms with van der Waals surface area (Å²) in [5.74, 6) is -0.000416. The van der Waals surface area contributed by atoms with Crippen molar-refractivity contribution in [3.05, 3.63) is 46.7 Å². The molecule has 1 heterocycles. The molecule has 0 saturated heterocycles. The van der Waals surface area contributed by atoms with Crippen molar-refractivity contribution in [3.63, 3.8) is 0 Å². The fraction of sp³-hybridized carbons (Fsp3) is 0.474. The van der Waals surface area contributed by atoms with E-state index in [1.54, 1.807) is 10.9 Å². The number of nitrogens with one attached hydrogen (secondary N) is 1. The smallest absolute Gasteiger partial charge is 0.254 e. The summed E-state index contributed by atoms with van der Waals surface area (Å²) in [5.41, 5.74) is 8.24. The average Bonchev–Trinajstić information content (AvgIpc) is 3.05. The largest absolute Gasteiger partial charge is 0.350 e. The van der Waals surface area contributed by atoms with Crippen molar-refractivity contribution in [3.8, 4) is 5.69 Å². The van der Waals surface area contributed by atoms with E-state index in [9.17, 15) is 4.79 Å². The second kappa shape index (κ2) is 9.40. The molecule has 26 heavy (non-hydrogen) atoms. The van der Waals surface area contributed by atoms with E-state index < -0.39 is 0 Å². The molecule has 0 fully saturated rings. The van der Waals surface area contributed by atoms with Crippen LogP contribution in [0.3, 0.4) is 0 Å². The van der Waals surface area contributed by atoms with Gasteiger partial charge in [-0.1, -0.05) is 39.3 Å². The van der Waals surface area contributed by atoms with Crippen LogP contribution in [0.4, 0.5) is 0 Å². The van der Waals surface area contributed by atoms with Gasteiger partial charge in [0.05, 0.1) is 23.1 Å². The molecule has 1 aromatic carbocycles. The van der Waals surface area contributed by atoms with Crippen LogP contribution < -0.4 is 11.1 Å². The number of aromatic nitrogens is 2. The highest BCUT2D eigenvalue weighted by Gasteiger charge is 2.24. The van der Waals surface area contributed by atoms with Gasteiger partial charge in [-0.2, -0.15) is 5.10 Å². The first-order valence-corrected chi connectivity index (χ1v) is 9.10. The topological polar surface area (TPSA) is 72.9 Å². The predicted octanol–water partition coefficient (Wildman–Crippen LogP) is 4.32. The Morgan fingerprint density at radius 1 is 1.27 bits per heavy atom. The van der Waals surface area contributed by atoms with Crippen molar-refractivity contribution in [2.24, 2.45) is 5.73 Å². The van der Waals surface area contributed by atoms with Gasteiger partial charge >= 0.3 is 0 Å². The van der Waals surface area contributed by atoms with Crippen molar-refractivity contribution in [1.29, 1.82) is 0 Å². The minimum absolute atomic E-state index is 0. The van der Waals surface area contributed by atoms with E-state index >= 15 is 0 Å². The number of hydrogen-bond donors (Lipinski definition) is 2. The summed E-state index contributed by atoms with van der Waals surface area (Å²) in [6, 6.07) is 7.41. The molecule has 0 aliphatic heterocycles. The molecule has 2 rings (SSSR count). The summed E-state index contributed by atoms with van der Waals surface area (Å²) in [6.45, 7) is 8.61. The summed E-state index contributed by atoms with van der Waals surface area (Å²) < 4.78 is 1.80. The van der Waals surface area contributed by atoms with Gasteiger partial charge in [0.1, 0.15) is 0 Å². The number of nitrogens with zero attached hydrogens (tertiary/aromatic N) is 2. The first-order chi connectivity index (χ1) is 11.8. The van der Waals surface area contributed by atoms with Crippen LogP contribution >= 0.6 is 24.0 Å². The third kappa shape index (κ3) is 5.00. The molecular formula is C19H28Cl2N4O. The summed E-state index contributed by atoms with van der Waals surface area (Å²) in [7, 11) is 0. The fourth-order valence-electron chi connectivity index (χ4n) is 2.73. The molecule has 2 aromatic rings. The van der Waals surface area contributed by atoms with E-state index in [1.165, 1.54) is 0 Å². The number of rotatable bonds is 7. The Bertz CT molecular complexity index is 722. The Hall–Kier alpha value is -1.56.